The Balaban J connectivity index is 2.69. The molecule has 0 aliphatic heterocycles. The monoisotopic (exact) mass is 291 g/mol. The predicted molar refractivity (Wildman–Crippen MR) is 65.3 cm³/mol. The molecule has 0 saturated carbocycles. The molecule has 0 aliphatic carbocycles. The van der Waals surface area contributed by atoms with E-state index < -0.39 is 9.84 Å². The minimum Gasteiger partial charge on any atom is -0.330 e. The Hall–Kier alpha value is -0.390. The molecule has 3 nitrogen and oxygen atoms in total. The molecule has 0 atom stereocenters. The average Bonchev–Trinajstić information content (AvgIpc) is 2.14. The first-order valence-electron chi connectivity index (χ1n) is 4.68. The molecule has 1 aromatic carbocycles. The van der Waals surface area contributed by atoms with Crippen LogP contribution in [0.3, 0.4) is 0 Å². The van der Waals surface area contributed by atoms with Crippen molar-refractivity contribution in [1.29, 1.82) is 0 Å². The van der Waals surface area contributed by atoms with Gasteiger partial charge in [-0.05, 0) is 30.7 Å². The quantitative estimate of drug-likeness (QED) is 0.898. The van der Waals surface area contributed by atoms with Crippen LogP contribution in [0.15, 0.2) is 28.7 Å². The second-order valence-corrected chi connectivity index (χ2v) is 6.46. The fourth-order valence-corrected chi connectivity index (χ4v) is 3.14. The Bertz CT molecular complexity index is 417. The second kappa shape index (κ2) is 5.63. The first kappa shape index (κ1) is 12.7. The van der Waals surface area contributed by atoms with Crippen LogP contribution in [-0.4, -0.2) is 20.7 Å². The van der Waals surface area contributed by atoms with Gasteiger partial charge in [-0.3, -0.25) is 0 Å². The predicted octanol–water partition coefficient (Wildman–Crippen LogP) is 1.71. The van der Waals surface area contributed by atoms with E-state index in [-0.39, 0.29) is 11.5 Å². The molecule has 0 radical (unpaired) electrons. The van der Waals surface area contributed by atoms with Gasteiger partial charge in [-0.1, -0.05) is 28.1 Å². The molecule has 0 unspecified atom stereocenters. The van der Waals surface area contributed by atoms with E-state index in [1.807, 2.05) is 24.3 Å². The van der Waals surface area contributed by atoms with E-state index in [0.717, 1.165) is 10.0 Å². The van der Waals surface area contributed by atoms with Crippen LogP contribution in [-0.2, 0) is 15.6 Å². The highest BCUT2D eigenvalue weighted by Crippen LogP contribution is 2.14. The molecule has 0 aliphatic rings. The van der Waals surface area contributed by atoms with Crippen molar-refractivity contribution < 1.29 is 8.42 Å². The zero-order chi connectivity index (χ0) is 11.3. The molecular weight excluding hydrogens is 278 g/mol. The standard InChI is InChI=1S/C10H14BrNO2S/c11-10-4-1-3-9(7-10)8-15(13,14)6-2-5-12/h1,3-4,7H,2,5-6,8,12H2. The molecule has 0 amide bonds. The SMILES string of the molecule is NCCCS(=O)(=O)Cc1cccc(Br)c1. The number of halogens is 1. The molecule has 5 heteroatoms. The van der Waals surface area contributed by atoms with Crippen LogP contribution in [0, 0.1) is 0 Å². The lowest BCUT2D eigenvalue weighted by Crippen LogP contribution is -2.13. The number of nitrogens with two attached hydrogens (primary N) is 1. The fraction of sp³-hybridized carbons (Fsp3) is 0.400. The van der Waals surface area contributed by atoms with Gasteiger partial charge in [0.05, 0.1) is 11.5 Å². The van der Waals surface area contributed by atoms with Crippen molar-refractivity contribution in [2.75, 3.05) is 12.3 Å². The van der Waals surface area contributed by atoms with Crippen molar-refractivity contribution in [3.8, 4) is 0 Å². The van der Waals surface area contributed by atoms with Gasteiger partial charge in [-0.25, -0.2) is 8.42 Å². The van der Waals surface area contributed by atoms with Gasteiger partial charge in [0, 0.05) is 4.47 Å². The van der Waals surface area contributed by atoms with Gasteiger partial charge in [-0.15, -0.1) is 0 Å². The molecular formula is C10H14BrNO2S. The van der Waals surface area contributed by atoms with Crippen LogP contribution in [0.4, 0.5) is 0 Å². The van der Waals surface area contributed by atoms with Crippen molar-refractivity contribution in [2.24, 2.45) is 5.73 Å². The average molecular weight is 292 g/mol. The molecule has 0 heterocycles. The molecule has 84 valence electrons. The van der Waals surface area contributed by atoms with Gasteiger partial charge in [-0.2, -0.15) is 0 Å². The number of hydrogen-bond donors (Lipinski definition) is 1. The van der Waals surface area contributed by atoms with Crippen LogP contribution >= 0.6 is 15.9 Å². The van der Waals surface area contributed by atoms with E-state index in [9.17, 15) is 8.42 Å². The summed E-state index contributed by atoms with van der Waals surface area (Å²) in [5, 5.41) is 0. The summed E-state index contributed by atoms with van der Waals surface area (Å²) in [6.45, 7) is 0.414. The van der Waals surface area contributed by atoms with Crippen molar-refractivity contribution >= 4 is 25.8 Å². The lowest BCUT2D eigenvalue weighted by atomic mass is 10.2. The van der Waals surface area contributed by atoms with Gasteiger partial charge >= 0.3 is 0 Å². The highest BCUT2D eigenvalue weighted by Gasteiger charge is 2.11. The van der Waals surface area contributed by atoms with Crippen molar-refractivity contribution in [3.05, 3.63) is 34.3 Å². The van der Waals surface area contributed by atoms with E-state index in [1.54, 1.807) is 0 Å². The zero-order valence-electron chi connectivity index (χ0n) is 8.32. The molecule has 15 heavy (non-hydrogen) atoms. The Labute approximate surface area is 98.7 Å². The number of rotatable bonds is 5. The minimum absolute atomic E-state index is 0.0897. The third-order valence-electron chi connectivity index (χ3n) is 1.94. The van der Waals surface area contributed by atoms with E-state index in [1.165, 1.54) is 0 Å². The third kappa shape index (κ3) is 4.77. The van der Waals surface area contributed by atoms with Gasteiger partial charge in [0.25, 0.3) is 0 Å². The largest absolute Gasteiger partial charge is 0.330 e. The van der Waals surface area contributed by atoms with Gasteiger partial charge < -0.3 is 5.73 Å². The Kier molecular flexibility index (Phi) is 4.76. The summed E-state index contributed by atoms with van der Waals surface area (Å²) >= 11 is 3.31. The lowest BCUT2D eigenvalue weighted by molar-refractivity contribution is 0.593. The first-order valence-corrected chi connectivity index (χ1v) is 7.30. The molecule has 0 aromatic heterocycles. The minimum atomic E-state index is -3.01. The Morgan fingerprint density at radius 1 is 1.33 bits per heavy atom. The van der Waals surface area contributed by atoms with Crippen LogP contribution in [0.25, 0.3) is 0 Å². The fourth-order valence-electron chi connectivity index (χ4n) is 1.26. The van der Waals surface area contributed by atoms with Gasteiger partial charge in [0.2, 0.25) is 0 Å². The maximum absolute atomic E-state index is 11.6. The highest BCUT2D eigenvalue weighted by atomic mass is 79.9. The molecule has 0 saturated heterocycles. The molecule has 2 N–H and O–H groups in total. The van der Waals surface area contributed by atoms with Crippen LogP contribution < -0.4 is 5.73 Å². The van der Waals surface area contributed by atoms with Gasteiger partial charge in [0.1, 0.15) is 0 Å². The van der Waals surface area contributed by atoms with Gasteiger partial charge in [0.15, 0.2) is 9.84 Å². The summed E-state index contributed by atoms with van der Waals surface area (Å²) < 4.78 is 24.1. The Morgan fingerprint density at radius 3 is 2.67 bits per heavy atom. The maximum Gasteiger partial charge on any atom is 0.154 e. The number of hydrogen-bond acceptors (Lipinski definition) is 3. The summed E-state index contributed by atoms with van der Waals surface area (Å²) in [7, 11) is -3.01. The summed E-state index contributed by atoms with van der Waals surface area (Å²) in [5.41, 5.74) is 6.09. The zero-order valence-corrected chi connectivity index (χ0v) is 10.7. The topological polar surface area (TPSA) is 60.2 Å². The third-order valence-corrected chi connectivity index (χ3v) is 4.11. The molecule has 1 aromatic rings. The van der Waals surface area contributed by atoms with Crippen LogP contribution in [0.2, 0.25) is 0 Å². The van der Waals surface area contributed by atoms with Crippen molar-refractivity contribution in [2.45, 2.75) is 12.2 Å². The molecule has 0 bridgehead atoms. The number of benzene rings is 1. The highest BCUT2D eigenvalue weighted by molar-refractivity contribution is 9.10. The van der Waals surface area contributed by atoms with Crippen LogP contribution in [0.5, 0.6) is 0 Å². The van der Waals surface area contributed by atoms with E-state index >= 15 is 0 Å². The van der Waals surface area contributed by atoms with E-state index in [4.69, 9.17) is 5.73 Å². The van der Waals surface area contributed by atoms with Crippen LogP contribution in [0.1, 0.15) is 12.0 Å². The summed E-state index contributed by atoms with van der Waals surface area (Å²) in [6.07, 6.45) is 0.524. The first-order chi connectivity index (χ1) is 7.03. The summed E-state index contributed by atoms with van der Waals surface area (Å²) in [6, 6.07) is 7.33. The molecule has 0 fully saturated rings. The lowest BCUT2D eigenvalue weighted by Gasteiger charge is -2.03. The van der Waals surface area contributed by atoms with E-state index in [2.05, 4.69) is 15.9 Å². The summed E-state index contributed by atoms with van der Waals surface area (Å²) in [5.74, 6) is 0.252. The van der Waals surface area contributed by atoms with Crippen molar-refractivity contribution in [1.82, 2.24) is 0 Å². The smallest absolute Gasteiger partial charge is 0.154 e. The second-order valence-electron chi connectivity index (χ2n) is 3.36. The number of sulfone groups is 1. The molecule has 1 rings (SSSR count). The van der Waals surface area contributed by atoms with Crippen molar-refractivity contribution in [3.63, 3.8) is 0 Å². The molecule has 0 spiro atoms. The maximum atomic E-state index is 11.6. The normalized spacial score (nSPS) is 11.6. The Morgan fingerprint density at radius 2 is 2.07 bits per heavy atom. The van der Waals surface area contributed by atoms with E-state index in [0.29, 0.717) is 13.0 Å². The summed E-state index contributed by atoms with van der Waals surface area (Å²) in [4.78, 5) is 0.